The van der Waals surface area contributed by atoms with E-state index in [2.05, 4.69) is 0 Å². The molecule has 1 heterocycles. The molecule has 3 rings (SSSR count). The molecule has 0 bridgehead atoms. The normalized spacial score (nSPS) is 13.6. The van der Waals surface area contributed by atoms with Crippen LogP contribution in [0.15, 0.2) is 42.5 Å². The molecule has 1 aliphatic heterocycles. The van der Waals surface area contributed by atoms with Crippen molar-refractivity contribution in [2.45, 2.75) is 52.9 Å². The van der Waals surface area contributed by atoms with Crippen LogP contribution in [-0.4, -0.2) is 28.9 Å². The van der Waals surface area contributed by atoms with Crippen LogP contribution < -0.4 is 4.74 Å². The number of carbonyl (C=O) groups excluding carboxylic acids is 2. The molecule has 0 aromatic heterocycles. The molecule has 2 aromatic carbocycles. The molecule has 0 fully saturated rings. The van der Waals surface area contributed by atoms with Gasteiger partial charge in [0.15, 0.2) is 5.78 Å². The number of ketones is 1. The van der Waals surface area contributed by atoms with Crippen molar-refractivity contribution in [2.75, 3.05) is 6.54 Å². The van der Waals surface area contributed by atoms with Crippen molar-refractivity contribution < 1.29 is 19.1 Å². The quantitative estimate of drug-likeness (QED) is 0.717. The third-order valence-electron chi connectivity index (χ3n) is 4.60. The van der Waals surface area contributed by atoms with Crippen LogP contribution in [0.4, 0.5) is 4.79 Å². The lowest BCUT2D eigenvalue weighted by Crippen LogP contribution is -2.40. The summed E-state index contributed by atoms with van der Waals surface area (Å²) in [5.41, 5.74) is 3.13. The number of ether oxygens (including phenoxy) is 2. The Morgan fingerprint density at radius 3 is 2.46 bits per heavy atom. The van der Waals surface area contributed by atoms with Crippen molar-refractivity contribution in [3.63, 3.8) is 0 Å². The summed E-state index contributed by atoms with van der Waals surface area (Å²) in [6.07, 6.45) is 0.333. The Morgan fingerprint density at radius 2 is 1.82 bits per heavy atom. The second kappa shape index (κ2) is 8.05. The van der Waals surface area contributed by atoms with E-state index in [1.165, 1.54) is 0 Å². The molecule has 0 atom stereocenters. The number of rotatable bonds is 4. The van der Waals surface area contributed by atoms with Crippen LogP contribution in [0, 0.1) is 0 Å². The maximum atomic E-state index is 12.5. The minimum atomic E-state index is -0.539. The Morgan fingerprint density at radius 1 is 1.11 bits per heavy atom. The first kappa shape index (κ1) is 19.9. The number of hydrogen-bond acceptors (Lipinski definition) is 4. The van der Waals surface area contributed by atoms with E-state index in [-0.39, 0.29) is 11.9 Å². The van der Waals surface area contributed by atoms with Gasteiger partial charge in [0.2, 0.25) is 0 Å². The number of benzene rings is 2. The fourth-order valence-electron chi connectivity index (χ4n) is 3.18. The SMILES string of the molecule is CC(=O)c1cc2c(c(OCc3ccccc3)c1)CN(C(=O)OC(C)(C)C)CC2. The van der Waals surface area contributed by atoms with Gasteiger partial charge in [0.25, 0.3) is 0 Å². The summed E-state index contributed by atoms with van der Waals surface area (Å²) in [6.45, 7) is 8.50. The van der Waals surface area contributed by atoms with Crippen LogP contribution >= 0.6 is 0 Å². The van der Waals surface area contributed by atoms with Crippen LogP contribution in [0.2, 0.25) is 0 Å². The summed E-state index contributed by atoms with van der Waals surface area (Å²) in [6, 6.07) is 13.6. The predicted molar refractivity (Wildman–Crippen MR) is 108 cm³/mol. The standard InChI is InChI=1S/C23H27NO4/c1-16(25)19-12-18-10-11-24(22(26)28-23(2,3)4)14-20(18)21(13-19)27-15-17-8-6-5-7-9-17/h5-9,12-13H,10-11,14-15H2,1-4H3. The lowest BCUT2D eigenvalue weighted by Gasteiger charge is -2.32. The average molecular weight is 381 g/mol. The lowest BCUT2D eigenvalue weighted by atomic mass is 9.95. The summed E-state index contributed by atoms with van der Waals surface area (Å²) in [7, 11) is 0. The summed E-state index contributed by atoms with van der Waals surface area (Å²) in [5, 5.41) is 0. The number of carbonyl (C=O) groups is 2. The molecule has 2 aromatic rings. The Labute approximate surface area is 166 Å². The molecular formula is C23H27NO4. The number of fused-ring (bicyclic) bond motifs is 1. The highest BCUT2D eigenvalue weighted by Gasteiger charge is 2.28. The molecule has 1 amide bonds. The molecule has 1 aliphatic rings. The minimum Gasteiger partial charge on any atom is -0.489 e. The van der Waals surface area contributed by atoms with Crippen LogP contribution in [0.5, 0.6) is 5.75 Å². The van der Waals surface area contributed by atoms with Gasteiger partial charge in [-0.3, -0.25) is 4.79 Å². The predicted octanol–water partition coefficient (Wildman–Crippen LogP) is 4.76. The smallest absolute Gasteiger partial charge is 0.410 e. The monoisotopic (exact) mass is 381 g/mol. The zero-order valence-electron chi connectivity index (χ0n) is 17.0. The van der Waals surface area contributed by atoms with Crippen molar-refractivity contribution in [1.29, 1.82) is 0 Å². The zero-order chi connectivity index (χ0) is 20.3. The summed E-state index contributed by atoms with van der Waals surface area (Å²) < 4.78 is 11.6. The Balaban J connectivity index is 1.86. The molecule has 0 unspecified atom stereocenters. The van der Waals surface area contributed by atoms with Crippen LogP contribution in [-0.2, 0) is 24.3 Å². The van der Waals surface area contributed by atoms with Crippen LogP contribution in [0.25, 0.3) is 0 Å². The highest BCUT2D eigenvalue weighted by molar-refractivity contribution is 5.95. The molecular weight excluding hydrogens is 354 g/mol. The summed E-state index contributed by atoms with van der Waals surface area (Å²) in [4.78, 5) is 26.1. The van der Waals surface area contributed by atoms with Gasteiger partial charge < -0.3 is 14.4 Å². The van der Waals surface area contributed by atoms with Crippen molar-refractivity contribution >= 4 is 11.9 Å². The number of nitrogens with zero attached hydrogens (tertiary/aromatic N) is 1. The second-order valence-corrected chi connectivity index (χ2v) is 8.09. The van der Waals surface area contributed by atoms with Crippen molar-refractivity contribution in [3.05, 3.63) is 64.7 Å². The van der Waals surface area contributed by atoms with Gasteiger partial charge in [0, 0.05) is 17.7 Å². The first-order valence-corrected chi connectivity index (χ1v) is 9.54. The molecule has 0 saturated carbocycles. The van der Waals surface area contributed by atoms with E-state index in [1.807, 2.05) is 57.2 Å². The zero-order valence-corrected chi connectivity index (χ0v) is 17.0. The van der Waals surface area contributed by atoms with E-state index >= 15 is 0 Å². The topological polar surface area (TPSA) is 55.8 Å². The van der Waals surface area contributed by atoms with Gasteiger partial charge in [0.05, 0.1) is 6.54 Å². The van der Waals surface area contributed by atoms with Gasteiger partial charge in [-0.1, -0.05) is 30.3 Å². The second-order valence-electron chi connectivity index (χ2n) is 8.09. The van der Waals surface area contributed by atoms with Gasteiger partial charge >= 0.3 is 6.09 Å². The highest BCUT2D eigenvalue weighted by atomic mass is 16.6. The molecule has 28 heavy (non-hydrogen) atoms. The fraction of sp³-hybridized carbons (Fsp3) is 0.391. The molecule has 0 saturated heterocycles. The van der Waals surface area contributed by atoms with Gasteiger partial charge in [0.1, 0.15) is 18.0 Å². The third kappa shape index (κ3) is 4.91. The van der Waals surface area contributed by atoms with Gasteiger partial charge in [-0.05, 0) is 57.4 Å². The summed E-state index contributed by atoms with van der Waals surface area (Å²) in [5.74, 6) is 0.654. The van der Waals surface area contributed by atoms with E-state index in [4.69, 9.17) is 9.47 Å². The summed E-state index contributed by atoms with van der Waals surface area (Å²) >= 11 is 0. The van der Waals surface area contributed by atoms with Crippen LogP contribution in [0.1, 0.15) is 54.7 Å². The van der Waals surface area contributed by atoms with Crippen LogP contribution in [0.3, 0.4) is 0 Å². The van der Waals surface area contributed by atoms with E-state index in [0.717, 1.165) is 16.7 Å². The Bertz CT molecular complexity index is 868. The van der Waals surface area contributed by atoms with E-state index < -0.39 is 5.60 Å². The van der Waals surface area contributed by atoms with E-state index in [9.17, 15) is 9.59 Å². The number of Topliss-reactive ketones (excluding diaryl/α,β-unsaturated/α-hetero) is 1. The molecule has 148 valence electrons. The molecule has 5 heteroatoms. The molecule has 0 radical (unpaired) electrons. The maximum absolute atomic E-state index is 12.5. The van der Waals surface area contributed by atoms with Gasteiger partial charge in [-0.25, -0.2) is 4.79 Å². The van der Waals surface area contributed by atoms with Gasteiger partial charge in [-0.2, -0.15) is 0 Å². The van der Waals surface area contributed by atoms with Crippen molar-refractivity contribution in [2.24, 2.45) is 0 Å². The first-order valence-electron chi connectivity index (χ1n) is 9.54. The molecule has 0 aliphatic carbocycles. The van der Waals surface area contributed by atoms with Crippen molar-refractivity contribution in [1.82, 2.24) is 4.90 Å². The van der Waals surface area contributed by atoms with E-state index in [1.54, 1.807) is 17.9 Å². The molecule has 5 nitrogen and oxygen atoms in total. The van der Waals surface area contributed by atoms with Gasteiger partial charge in [-0.15, -0.1) is 0 Å². The third-order valence-corrected chi connectivity index (χ3v) is 4.60. The average Bonchev–Trinajstić information content (AvgIpc) is 2.64. The van der Waals surface area contributed by atoms with E-state index in [0.29, 0.717) is 37.4 Å². The highest BCUT2D eigenvalue weighted by Crippen LogP contribution is 2.31. The largest absolute Gasteiger partial charge is 0.489 e. The Hall–Kier alpha value is -2.82. The lowest BCUT2D eigenvalue weighted by molar-refractivity contribution is 0.0222. The first-order chi connectivity index (χ1) is 13.2. The number of amides is 1. The molecule has 0 spiro atoms. The fourth-order valence-corrected chi connectivity index (χ4v) is 3.18. The maximum Gasteiger partial charge on any atom is 0.410 e. The van der Waals surface area contributed by atoms with Crippen molar-refractivity contribution in [3.8, 4) is 5.75 Å². The Kier molecular flexibility index (Phi) is 5.73. The molecule has 0 N–H and O–H groups in total. The number of hydrogen-bond donors (Lipinski definition) is 0. The minimum absolute atomic E-state index is 0.00179.